The van der Waals surface area contributed by atoms with Gasteiger partial charge in [-0.15, -0.1) is 0 Å². The van der Waals surface area contributed by atoms with Crippen molar-refractivity contribution in [2.24, 2.45) is 0 Å². The Balaban J connectivity index is 1.30. The lowest BCUT2D eigenvalue weighted by Crippen LogP contribution is -2.45. The molecule has 3 aromatic rings. The Kier molecular flexibility index (Phi) is 5.24. The third kappa shape index (κ3) is 4.27. The van der Waals surface area contributed by atoms with Crippen LogP contribution in [0, 0.1) is 0 Å². The first-order chi connectivity index (χ1) is 12.8. The van der Waals surface area contributed by atoms with Crippen LogP contribution in [0.3, 0.4) is 0 Å². The van der Waals surface area contributed by atoms with E-state index in [1.54, 1.807) is 0 Å². The van der Waals surface area contributed by atoms with E-state index in [-0.39, 0.29) is 0 Å². The topological polar surface area (TPSA) is 58.3 Å². The zero-order chi connectivity index (χ0) is 17.8. The van der Waals surface area contributed by atoms with Crippen LogP contribution in [0.4, 0.5) is 0 Å². The zero-order valence-electron chi connectivity index (χ0n) is 14.4. The molecule has 0 spiro atoms. The summed E-state index contributed by atoms with van der Waals surface area (Å²) in [6.45, 7) is 5.64. The normalized spacial score (nSPS) is 16.0. The Morgan fingerprint density at radius 2 is 1.69 bits per heavy atom. The molecule has 0 aliphatic carbocycles. The van der Waals surface area contributed by atoms with Crippen LogP contribution in [0.25, 0.3) is 11.4 Å². The molecule has 1 fully saturated rings. The van der Waals surface area contributed by atoms with Crippen LogP contribution in [-0.4, -0.2) is 51.1 Å². The summed E-state index contributed by atoms with van der Waals surface area (Å²) >= 11 is 5.92. The number of hydrogen-bond acceptors (Lipinski definition) is 6. The molecule has 1 saturated heterocycles. The van der Waals surface area contributed by atoms with Gasteiger partial charge in [-0.2, -0.15) is 4.98 Å². The number of hydrogen-bond donors (Lipinski definition) is 0. The molecule has 7 heteroatoms. The van der Waals surface area contributed by atoms with E-state index in [9.17, 15) is 0 Å². The van der Waals surface area contributed by atoms with Crippen molar-refractivity contribution < 1.29 is 4.52 Å². The van der Waals surface area contributed by atoms with Gasteiger partial charge in [0, 0.05) is 55.7 Å². The Hall–Kier alpha value is -2.28. The van der Waals surface area contributed by atoms with Crippen LogP contribution < -0.4 is 0 Å². The summed E-state index contributed by atoms with van der Waals surface area (Å²) in [6.07, 6.45) is 3.74. The molecule has 1 aliphatic rings. The number of benzene rings is 1. The van der Waals surface area contributed by atoms with E-state index in [0.717, 1.165) is 38.3 Å². The van der Waals surface area contributed by atoms with Crippen LogP contribution >= 0.6 is 11.6 Å². The van der Waals surface area contributed by atoms with E-state index >= 15 is 0 Å². The quantitative estimate of drug-likeness (QED) is 0.688. The second-order valence-corrected chi connectivity index (χ2v) is 6.87. The summed E-state index contributed by atoms with van der Waals surface area (Å²) in [5, 5.41) is 4.78. The van der Waals surface area contributed by atoms with Crippen LogP contribution in [0.1, 0.15) is 11.5 Å². The highest BCUT2D eigenvalue weighted by Gasteiger charge is 2.19. The fourth-order valence-corrected chi connectivity index (χ4v) is 3.21. The fraction of sp³-hybridized carbons (Fsp3) is 0.316. The first kappa shape index (κ1) is 17.1. The molecule has 1 aliphatic heterocycles. The molecule has 26 heavy (non-hydrogen) atoms. The molecule has 2 aromatic heterocycles. The van der Waals surface area contributed by atoms with Crippen molar-refractivity contribution >= 4 is 11.6 Å². The molecule has 0 bridgehead atoms. The number of aromatic nitrogens is 3. The highest BCUT2D eigenvalue weighted by molar-refractivity contribution is 6.30. The van der Waals surface area contributed by atoms with Crippen molar-refractivity contribution in [3.8, 4) is 11.4 Å². The average molecular weight is 370 g/mol. The van der Waals surface area contributed by atoms with Gasteiger partial charge in [0.05, 0.1) is 6.54 Å². The number of nitrogens with zero attached hydrogens (tertiary/aromatic N) is 5. The van der Waals surface area contributed by atoms with Crippen molar-refractivity contribution in [3.63, 3.8) is 0 Å². The van der Waals surface area contributed by atoms with E-state index < -0.39 is 0 Å². The second-order valence-electron chi connectivity index (χ2n) is 6.43. The Bertz CT molecular complexity index is 829. The van der Waals surface area contributed by atoms with Crippen LogP contribution in [0.5, 0.6) is 0 Å². The summed E-state index contributed by atoms with van der Waals surface area (Å²) in [5.74, 6) is 1.25. The monoisotopic (exact) mass is 369 g/mol. The summed E-state index contributed by atoms with van der Waals surface area (Å²) in [6, 6.07) is 11.6. The van der Waals surface area contributed by atoms with E-state index in [2.05, 4.69) is 31.0 Å². The third-order valence-electron chi connectivity index (χ3n) is 4.52. The summed E-state index contributed by atoms with van der Waals surface area (Å²) in [4.78, 5) is 13.5. The first-order valence-corrected chi connectivity index (χ1v) is 9.06. The van der Waals surface area contributed by atoms with Crippen molar-refractivity contribution in [3.05, 3.63) is 65.3 Å². The lowest BCUT2D eigenvalue weighted by Gasteiger charge is -2.33. The van der Waals surface area contributed by atoms with Gasteiger partial charge < -0.3 is 4.52 Å². The molecular weight excluding hydrogens is 350 g/mol. The van der Waals surface area contributed by atoms with Gasteiger partial charge in [0.15, 0.2) is 0 Å². The Morgan fingerprint density at radius 3 is 2.38 bits per heavy atom. The molecule has 4 rings (SSSR count). The largest absolute Gasteiger partial charge is 0.338 e. The highest BCUT2D eigenvalue weighted by atomic mass is 35.5. The summed E-state index contributed by atoms with van der Waals surface area (Å²) in [5.41, 5.74) is 2.16. The van der Waals surface area contributed by atoms with Crippen LogP contribution in [-0.2, 0) is 13.1 Å². The summed E-state index contributed by atoms with van der Waals surface area (Å²) in [7, 11) is 0. The van der Waals surface area contributed by atoms with Gasteiger partial charge in [0.2, 0.25) is 11.7 Å². The standard InChI is InChI=1S/C19H20ClN5O/c20-17-5-3-16(4-6-17)19-22-18(26-23-19)14-25-10-8-24(9-11-25)13-15-2-1-7-21-12-15/h1-7,12H,8-11,13-14H2. The molecule has 0 unspecified atom stereocenters. The smallest absolute Gasteiger partial charge is 0.241 e. The van der Waals surface area contributed by atoms with Crippen molar-refractivity contribution in [1.29, 1.82) is 0 Å². The summed E-state index contributed by atoms with van der Waals surface area (Å²) < 4.78 is 5.42. The van der Waals surface area contributed by atoms with Gasteiger partial charge >= 0.3 is 0 Å². The van der Waals surface area contributed by atoms with E-state index in [1.165, 1.54) is 5.56 Å². The maximum atomic E-state index is 5.92. The minimum absolute atomic E-state index is 0.604. The van der Waals surface area contributed by atoms with Crippen molar-refractivity contribution in [2.45, 2.75) is 13.1 Å². The zero-order valence-corrected chi connectivity index (χ0v) is 15.1. The van der Waals surface area contributed by atoms with Crippen LogP contribution in [0.15, 0.2) is 53.3 Å². The van der Waals surface area contributed by atoms with Gasteiger partial charge in [-0.1, -0.05) is 22.8 Å². The molecule has 0 atom stereocenters. The maximum absolute atomic E-state index is 5.92. The van der Waals surface area contributed by atoms with E-state index in [0.29, 0.717) is 23.3 Å². The molecule has 0 amide bonds. The minimum Gasteiger partial charge on any atom is -0.338 e. The molecule has 0 N–H and O–H groups in total. The lowest BCUT2D eigenvalue weighted by atomic mass is 10.2. The molecule has 6 nitrogen and oxygen atoms in total. The predicted molar refractivity (Wildman–Crippen MR) is 99.5 cm³/mol. The molecule has 3 heterocycles. The van der Waals surface area contributed by atoms with Gasteiger partial charge in [0.1, 0.15) is 0 Å². The van der Waals surface area contributed by atoms with Gasteiger partial charge in [-0.25, -0.2) is 0 Å². The molecule has 1 aromatic carbocycles. The minimum atomic E-state index is 0.604. The van der Waals surface area contributed by atoms with E-state index in [4.69, 9.17) is 16.1 Å². The fourth-order valence-electron chi connectivity index (χ4n) is 3.08. The number of piperazine rings is 1. The van der Waals surface area contributed by atoms with E-state index in [1.807, 2.05) is 42.7 Å². The molecule has 0 radical (unpaired) electrons. The van der Waals surface area contributed by atoms with Gasteiger partial charge in [-0.05, 0) is 35.9 Å². The third-order valence-corrected chi connectivity index (χ3v) is 4.78. The number of halogens is 1. The predicted octanol–water partition coefficient (Wildman–Crippen LogP) is 3.10. The van der Waals surface area contributed by atoms with Gasteiger partial charge in [0.25, 0.3) is 0 Å². The molecular formula is C19H20ClN5O. The first-order valence-electron chi connectivity index (χ1n) is 8.68. The maximum Gasteiger partial charge on any atom is 0.241 e. The Morgan fingerprint density at radius 1 is 0.962 bits per heavy atom. The van der Waals surface area contributed by atoms with Crippen LogP contribution in [0.2, 0.25) is 5.02 Å². The highest BCUT2D eigenvalue weighted by Crippen LogP contribution is 2.19. The number of pyridine rings is 1. The van der Waals surface area contributed by atoms with Gasteiger partial charge in [-0.3, -0.25) is 14.8 Å². The molecule has 134 valence electrons. The van der Waals surface area contributed by atoms with Crippen molar-refractivity contribution in [2.75, 3.05) is 26.2 Å². The molecule has 0 saturated carbocycles. The second kappa shape index (κ2) is 7.95. The lowest BCUT2D eigenvalue weighted by molar-refractivity contribution is 0.112. The van der Waals surface area contributed by atoms with Crippen molar-refractivity contribution in [1.82, 2.24) is 24.9 Å². The average Bonchev–Trinajstić information content (AvgIpc) is 3.13. The SMILES string of the molecule is Clc1ccc(-c2noc(CN3CCN(Cc4cccnc4)CC3)n2)cc1. The Labute approximate surface area is 157 Å². The number of rotatable bonds is 5.